The van der Waals surface area contributed by atoms with Crippen LogP contribution < -0.4 is 4.74 Å². The summed E-state index contributed by atoms with van der Waals surface area (Å²) in [5, 5.41) is 0.0955. The van der Waals surface area contributed by atoms with Gasteiger partial charge in [0.1, 0.15) is 10.9 Å². The molecule has 2 aromatic rings. The third kappa shape index (κ3) is 3.28. The molecule has 108 valence electrons. The maximum absolute atomic E-state index is 12.1. The first-order valence-corrected chi connectivity index (χ1v) is 6.73. The van der Waals surface area contributed by atoms with E-state index in [1.54, 1.807) is 38.1 Å². The Bertz CT molecular complexity index is 702. The Morgan fingerprint density at radius 3 is 2.33 bits per heavy atom. The van der Waals surface area contributed by atoms with E-state index in [0.29, 0.717) is 22.4 Å². The number of ketones is 1. The van der Waals surface area contributed by atoms with E-state index >= 15 is 0 Å². The standard InChI is InChI=1S/C16H14ClNO3/c1-9-7-12(11(3)19)8-10(2)14(9)21-16(20)13-5-4-6-18-15(13)17/h4-8H,1-3H3. The monoisotopic (exact) mass is 303 g/mol. The van der Waals surface area contributed by atoms with Crippen molar-refractivity contribution in [3.8, 4) is 5.75 Å². The van der Waals surface area contributed by atoms with Crippen molar-refractivity contribution in [3.05, 3.63) is 57.9 Å². The lowest BCUT2D eigenvalue weighted by atomic mass is 10.0. The van der Waals surface area contributed by atoms with Crippen molar-refractivity contribution >= 4 is 23.4 Å². The van der Waals surface area contributed by atoms with Gasteiger partial charge in [-0.15, -0.1) is 0 Å². The second-order valence-electron chi connectivity index (χ2n) is 4.73. The van der Waals surface area contributed by atoms with Crippen LogP contribution in [0.3, 0.4) is 0 Å². The molecule has 0 atom stereocenters. The molecular formula is C16H14ClNO3. The van der Waals surface area contributed by atoms with Crippen molar-refractivity contribution in [3.63, 3.8) is 0 Å². The number of hydrogen-bond acceptors (Lipinski definition) is 4. The summed E-state index contributed by atoms with van der Waals surface area (Å²) in [7, 11) is 0. The first kappa shape index (κ1) is 15.2. The molecule has 0 aliphatic rings. The Morgan fingerprint density at radius 2 is 1.81 bits per heavy atom. The molecule has 0 amide bonds. The Hall–Kier alpha value is -2.20. The topological polar surface area (TPSA) is 56.3 Å². The number of esters is 1. The van der Waals surface area contributed by atoms with Crippen LogP contribution in [0.1, 0.15) is 38.8 Å². The van der Waals surface area contributed by atoms with E-state index in [4.69, 9.17) is 16.3 Å². The normalized spacial score (nSPS) is 10.3. The predicted octanol–water partition coefficient (Wildman–Crippen LogP) is 3.77. The maximum Gasteiger partial charge on any atom is 0.346 e. The van der Waals surface area contributed by atoms with Gasteiger partial charge in [-0.2, -0.15) is 0 Å². The number of Topliss-reactive ketones (excluding diaryl/α,β-unsaturated/α-hetero) is 1. The average molecular weight is 304 g/mol. The third-order valence-corrected chi connectivity index (χ3v) is 3.34. The summed E-state index contributed by atoms with van der Waals surface area (Å²) in [6.07, 6.45) is 1.50. The second kappa shape index (κ2) is 6.06. The Kier molecular flexibility index (Phi) is 4.38. The number of aryl methyl sites for hydroxylation is 2. The number of aromatic nitrogens is 1. The number of carbonyl (C=O) groups excluding carboxylic acids is 2. The zero-order chi connectivity index (χ0) is 15.6. The fourth-order valence-corrected chi connectivity index (χ4v) is 2.20. The molecule has 0 saturated carbocycles. The minimum absolute atomic E-state index is 0.0330. The van der Waals surface area contributed by atoms with Crippen molar-refractivity contribution < 1.29 is 14.3 Å². The van der Waals surface area contributed by atoms with E-state index < -0.39 is 5.97 Å². The zero-order valence-electron chi connectivity index (χ0n) is 11.9. The fourth-order valence-electron chi connectivity index (χ4n) is 2.00. The molecule has 0 radical (unpaired) electrons. The van der Waals surface area contributed by atoms with Gasteiger partial charge < -0.3 is 4.74 Å². The van der Waals surface area contributed by atoms with Crippen molar-refractivity contribution in [1.82, 2.24) is 4.98 Å². The predicted molar refractivity (Wildman–Crippen MR) is 80.1 cm³/mol. The van der Waals surface area contributed by atoms with Crippen LogP contribution in [-0.2, 0) is 0 Å². The summed E-state index contributed by atoms with van der Waals surface area (Å²) in [6, 6.07) is 6.55. The summed E-state index contributed by atoms with van der Waals surface area (Å²) in [4.78, 5) is 27.4. The number of halogens is 1. The van der Waals surface area contributed by atoms with Gasteiger partial charge in [-0.05, 0) is 56.2 Å². The van der Waals surface area contributed by atoms with Crippen molar-refractivity contribution in [1.29, 1.82) is 0 Å². The Balaban J connectivity index is 2.34. The van der Waals surface area contributed by atoms with Gasteiger partial charge in [0.05, 0.1) is 5.56 Å². The summed E-state index contributed by atoms with van der Waals surface area (Å²) in [6.45, 7) is 5.06. The van der Waals surface area contributed by atoms with Crippen LogP contribution in [-0.4, -0.2) is 16.7 Å². The molecule has 0 unspecified atom stereocenters. The first-order chi connectivity index (χ1) is 9.90. The molecule has 2 rings (SSSR count). The van der Waals surface area contributed by atoms with Crippen LogP contribution in [0.25, 0.3) is 0 Å². The van der Waals surface area contributed by atoms with E-state index in [1.165, 1.54) is 13.1 Å². The smallest absolute Gasteiger partial charge is 0.346 e. The highest BCUT2D eigenvalue weighted by atomic mass is 35.5. The maximum atomic E-state index is 12.1. The lowest BCUT2D eigenvalue weighted by Gasteiger charge is -2.12. The quantitative estimate of drug-likeness (QED) is 0.375. The van der Waals surface area contributed by atoms with Crippen LogP contribution in [0.4, 0.5) is 0 Å². The molecular weight excluding hydrogens is 290 g/mol. The highest BCUT2D eigenvalue weighted by Gasteiger charge is 2.17. The number of nitrogens with zero attached hydrogens (tertiary/aromatic N) is 1. The number of pyridine rings is 1. The summed E-state index contributed by atoms with van der Waals surface area (Å²) in [5.74, 6) is -0.172. The van der Waals surface area contributed by atoms with Crippen molar-refractivity contribution in [2.45, 2.75) is 20.8 Å². The molecule has 1 heterocycles. The zero-order valence-corrected chi connectivity index (χ0v) is 12.7. The van der Waals surface area contributed by atoms with Gasteiger partial charge in [0, 0.05) is 11.8 Å². The number of hydrogen-bond donors (Lipinski definition) is 0. The number of rotatable bonds is 3. The molecule has 5 heteroatoms. The third-order valence-electron chi connectivity index (χ3n) is 3.04. The summed E-state index contributed by atoms with van der Waals surface area (Å²) in [5.41, 5.74) is 2.22. The number of benzene rings is 1. The van der Waals surface area contributed by atoms with Crippen molar-refractivity contribution in [2.75, 3.05) is 0 Å². The lowest BCUT2D eigenvalue weighted by Crippen LogP contribution is -2.12. The first-order valence-electron chi connectivity index (χ1n) is 6.35. The van der Waals surface area contributed by atoms with E-state index in [1.807, 2.05) is 0 Å². The van der Waals surface area contributed by atoms with Gasteiger partial charge in [0.2, 0.25) is 0 Å². The van der Waals surface area contributed by atoms with Crippen LogP contribution >= 0.6 is 11.6 Å². The van der Waals surface area contributed by atoms with E-state index in [-0.39, 0.29) is 16.5 Å². The highest BCUT2D eigenvalue weighted by Crippen LogP contribution is 2.26. The highest BCUT2D eigenvalue weighted by molar-refractivity contribution is 6.32. The minimum Gasteiger partial charge on any atom is -0.422 e. The van der Waals surface area contributed by atoms with E-state index in [2.05, 4.69) is 4.98 Å². The summed E-state index contributed by atoms with van der Waals surface area (Å²) < 4.78 is 5.40. The van der Waals surface area contributed by atoms with Gasteiger partial charge in [-0.25, -0.2) is 9.78 Å². The largest absolute Gasteiger partial charge is 0.422 e. The molecule has 0 saturated heterocycles. The van der Waals surface area contributed by atoms with Crippen LogP contribution in [0.15, 0.2) is 30.5 Å². The molecule has 1 aromatic carbocycles. The van der Waals surface area contributed by atoms with Crippen LogP contribution in [0.5, 0.6) is 5.75 Å². The number of ether oxygens (including phenoxy) is 1. The molecule has 0 bridgehead atoms. The molecule has 1 aromatic heterocycles. The van der Waals surface area contributed by atoms with Gasteiger partial charge >= 0.3 is 5.97 Å². The van der Waals surface area contributed by atoms with Gasteiger partial charge in [0.15, 0.2) is 5.78 Å². The Morgan fingerprint density at radius 1 is 1.19 bits per heavy atom. The van der Waals surface area contributed by atoms with Gasteiger partial charge in [-0.3, -0.25) is 4.79 Å². The van der Waals surface area contributed by atoms with E-state index in [9.17, 15) is 9.59 Å². The summed E-state index contributed by atoms with van der Waals surface area (Å²) >= 11 is 5.88. The molecule has 21 heavy (non-hydrogen) atoms. The molecule has 0 spiro atoms. The fraction of sp³-hybridized carbons (Fsp3) is 0.188. The average Bonchev–Trinajstić information content (AvgIpc) is 2.42. The molecule has 0 fully saturated rings. The molecule has 0 aliphatic carbocycles. The number of carbonyl (C=O) groups is 2. The minimum atomic E-state index is -0.574. The van der Waals surface area contributed by atoms with E-state index in [0.717, 1.165) is 0 Å². The van der Waals surface area contributed by atoms with Crippen LogP contribution in [0.2, 0.25) is 5.15 Å². The molecule has 4 nitrogen and oxygen atoms in total. The van der Waals surface area contributed by atoms with Gasteiger partial charge in [-0.1, -0.05) is 11.6 Å². The molecule has 0 aliphatic heterocycles. The van der Waals surface area contributed by atoms with Crippen LogP contribution in [0, 0.1) is 13.8 Å². The Labute approximate surface area is 127 Å². The molecule has 0 N–H and O–H groups in total. The SMILES string of the molecule is CC(=O)c1cc(C)c(OC(=O)c2cccnc2Cl)c(C)c1. The second-order valence-corrected chi connectivity index (χ2v) is 5.08. The lowest BCUT2D eigenvalue weighted by molar-refractivity contribution is 0.0732. The van der Waals surface area contributed by atoms with Gasteiger partial charge in [0.25, 0.3) is 0 Å². The van der Waals surface area contributed by atoms with Crippen molar-refractivity contribution in [2.24, 2.45) is 0 Å².